The molecule has 256 valence electrons. The van der Waals surface area contributed by atoms with E-state index in [9.17, 15) is 0 Å². The maximum atomic E-state index is 5.31. The highest BCUT2D eigenvalue weighted by atomic mass is 32.1. The molecule has 9 aromatic carbocycles. The highest BCUT2D eigenvalue weighted by Crippen LogP contribution is 2.44. The second-order valence-corrected chi connectivity index (χ2v) is 15.1. The maximum absolute atomic E-state index is 5.31. The summed E-state index contributed by atoms with van der Waals surface area (Å²) < 4.78 is 2.63. The minimum atomic E-state index is 0.704. The van der Waals surface area contributed by atoms with Crippen LogP contribution < -0.4 is 0 Å². The van der Waals surface area contributed by atoms with Crippen LogP contribution in [0.25, 0.3) is 109 Å². The smallest absolute Gasteiger partial charge is 0.160 e. The van der Waals surface area contributed by atoms with Crippen molar-refractivity contribution in [1.29, 1.82) is 0 Å². The summed E-state index contributed by atoms with van der Waals surface area (Å²) in [6, 6.07) is 69.7. The third-order valence-electron chi connectivity index (χ3n) is 10.9. The van der Waals surface area contributed by atoms with Crippen LogP contribution in [0.5, 0.6) is 0 Å². The average molecular weight is 717 g/mol. The van der Waals surface area contributed by atoms with E-state index in [2.05, 4.69) is 188 Å². The Bertz CT molecular complexity index is 3250. The van der Waals surface area contributed by atoms with Gasteiger partial charge >= 0.3 is 0 Å². The Morgan fingerprint density at radius 3 is 1.82 bits per heavy atom. The zero-order chi connectivity index (χ0) is 36.3. The number of fused-ring (bicyclic) bond motifs is 7. The van der Waals surface area contributed by atoms with Crippen molar-refractivity contribution < 1.29 is 0 Å². The van der Waals surface area contributed by atoms with E-state index in [1.165, 1.54) is 69.2 Å². The van der Waals surface area contributed by atoms with Gasteiger partial charge in [0.15, 0.2) is 5.82 Å². The zero-order valence-corrected chi connectivity index (χ0v) is 30.6. The summed E-state index contributed by atoms with van der Waals surface area (Å²) >= 11 is 1.86. The predicted molar refractivity (Wildman–Crippen MR) is 235 cm³/mol. The van der Waals surface area contributed by atoms with Crippen molar-refractivity contribution in [2.75, 3.05) is 0 Å². The Kier molecular flexibility index (Phi) is 7.39. The summed E-state index contributed by atoms with van der Waals surface area (Å²) in [6.07, 6.45) is 0. The monoisotopic (exact) mass is 716 g/mol. The first-order chi connectivity index (χ1) is 27.3. The molecule has 2 nitrogen and oxygen atoms in total. The lowest BCUT2D eigenvalue weighted by Crippen LogP contribution is -1.97. The number of nitrogens with zero attached hydrogens (tertiary/aromatic N) is 2. The topological polar surface area (TPSA) is 25.8 Å². The molecule has 0 radical (unpaired) electrons. The normalized spacial score (nSPS) is 11.6. The van der Waals surface area contributed by atoms with Crippen LogP contribution in [0.3, 0.4) is 0 Å². The summed E-state index contributed by atoms with van der Waals surface area (Å²) in [5.41, 5.74) is 9.69. The zero-order valence-electron chi connectivity index (χ0n) is 29.8. The Labute approximate surface area is 322 Å². The molecule has 0 unspecified atom stereocenters. The molecule has 2 heterocycles. The number of benzene rings is 9. The highest BCUT2D eigenvalue weighted by Gasteiger charge is 2.19. The fourth-order valence-corrected chi connectivity index (χ4v) is 9.52. The molecule has 0 bridgehead atoms. The van der Waals surface area contributed by atoms with E-state index in [1.54, 1.807) is 0 Å². The van der Waals surface area contributed by atoms with Gasteiger partial charge in [-0.15, -0.1) is 11.3 Å². The van der Waals surface area contributed by atoms with Crippen molar-refractivity contribution in [3.8, 4) is 56.2 Å². The number of aromatic nitrogens is 2. The number of rotatable bonds is 5. The third-order valence-corrected chi connectivity index (χ3v) is 12.1. The molecule has 0 atom stereocenters. The Morgan fingerprint density at radius 1 is 0.327 bits per heavy atom. The van der Waals surface area contributed by atoms with Gasteiger partial charge in [-0.25, -0.2) is 9.97 Å². The van der Waals surface area contributed by atoms with Crippen molar-refractivity contribution in [3.63, 3.8) is 0 Å². The standard InChI is InChI=1S/C52H32N2S/c1-2-14-36(15-3-1)52-53-47(35-27-25-34(26-28-35)40-22-12-23-45-42-20-10-11-24-49(42)55-51(40)45)32-48(54-52)41-19-8-9-21-43(41)50-39-18-7-5-16-37(39)31-46-38-17-6-4-13-33(38)29-30-44(46)50/h1-32H. The first kappa shape index (κ1) is 31.6. The predicted octanol–water partition coefficient (Wildman–Crippen LogP) is 14.6. The Hall–Kier alpha value is -6.94. The van der Waals surface area contributed by atoms with Crippen LogP contribution in [0.4, 0.5) is 0 Å². The van der Waals surface area contributed by atoms with E-state index >= 15 is 0 Å². The molecule has 11 aromatic rings. The highest BCUT2D eigenvalue weighted by molar-refractivity contribution is 7.26. The number of hydrogen-bond acceptors (Lipinski definition) is 3. The molecule has 0 fully saturated rings. The van der Waals surface area contributed by atoms with Crippen molar-refractivity contribution in [1.82, 2.24) is 9.97 Å². The lowest BCUT2D eigenvalue weighted by Gasteiger charge is -2.17. The largest absolute Gasteiger partial charge is 0.228 e. The van der Waals surface area contributed by atoms with Gasteiger partial charge < -0.3 is 0 Å². The van der Waals surface area contributed by atoms with Crippen LogP contribution in [0.1, 0.15) is 0 Å². The lowest BCUT2D eigenvalue weighted by atomic mass is 9.87. The summed E-state index contributed by atoms with van der Waals surface area (Å²) in [7, 11) is 0. The van der Waals surface area contributed by atoms with Crippen LogP contribution in [-0.2, 0) is 0 Å². The van der Waals surface area contributed by atoms with Gasteiger partial charge in [-0.1, -0.05) is 176 Å². The SMILES string of the molecule is c1ccc(-c2nc(-c3ccc(-c4cccc5c4sc4ccccc45)cc3)cc(-c3ccccc3-c3c4ccccc4cc4c3ccc3ccccc34)n2)cc1. The Morgan fingerprint density at radius 2 is 0.964 bits per heavy atom. The molecule has 2 aromatic heterocycles. The van der Waals surface area contributed by atoms with Gasteiger partial charge in [0, 0.05) is 36.9 Å². The van der Waals surface area contributed by atoms with E-state index in [1.807, 2.05) is 17.4 Å². The van der Waals surface area contributed by atoms with Crippen LogP contribution in [-0.4, -0.2) is 9.97 Å². The molecule has 0 amide bonds. The molecule has 0 saturated carbocycles. The van der Waals surface area contributed by atoms with Crippen molar-refractivity contribution in [3.05, 3.63) is 194 Å². The molecule has 0 aliphatic carbocycles. The van der Waals surface area contributed by atoms with Gasteiger partial charge in [0.2, 0.25) is 0 Å². The van der Waals surface area contributed by atoms with Crippen molar-refractivity contribution in [2.24, 2.45) is 0 Å². The molecule has 0 aliphatic heterocycles. The molecule has 55 heavy (non-hydrogen) atoms. The number of thiophene rings is 1. The molecule has 0 aliphatic rings. The van der Waals surface area contributed by atoms with Crippen LogP contribution >= 0.6 is 11.3 Å². The van der Waals surface area contributed by atoms with Crippen molar-refractivity contribution >= 4 is 63.8 Å². The van der Waals surface area contributed by atoms with Gasteiger partial charge in [0.05, 0.1) is 11.4 Å². The van der Waals surface area contributed by atoms with E-state index in [0.717, 1.165) is 33.6 Å². The van der Waals surface area contributed by atoms with Crippen LogP contribution in [0, 0.1) is 0 Å². The third kappa shape index (κ3) is 5.32. The number of hydrogen-bond donors (Lipinski definition) is 0. The second kappa shape index (κ2) is 12.9. The molecular formula is C52H32N2S. The molecular weight excluding hydrogens is 685 g/mol. The van der Waals surface area contributed by atoms with Gasteiger partial charge in [-0.3, -0.25) is 0 Å². The van der Waals surface area contributed by atoms with E-state index < -0.39 is 0 Å². The molecule has 11 rings (SSSR count). The van der Waals surface area contributed by atoms with Gasteiger partial charge in [-0.2, -0.15) is 0 Å². The minimum absolute atomic E-state index is 0.704. The molecule has 3 heteroatoms. The van der Waals surface area contributed by atoms with E-state index in [4.69, 9.17) is 9.97 Å². The second-order valence-electron chi connectivity index (χ2n) is 14.1. The average Bonchev–Trinajstić information content (AvgIpc) is 3.65. The van der Waals surface area contributed by atoms with Gasteiger partial charge in [-0.05, 0) is 72.8 Å². The Balaban J connectivity index is 1.10. The quantitative estimate of drug-likeness (QED) is 0.131. The summed E-state index contributed by atoms with van der Waals surface area (Å²) in [5.74, 6) is 0.704. The summed E-state index contributed by atoms with van der Waals surface area (Å²) in [6.45, 7) is 0. The van der Waals surface area contributed by atoms with Crippen LogP contribution in [0.15, 0.2) is 194 Å². The molecule has 0 N–H and O–H groups in total. The first-order valence-electron chi connectivity index (χ1n) is 18.7. The minimum Gasteiger partial charge on any atom is -0.228 e. The fourth-order valence-electron chi connectivity index (χ4n) is 8.28. The first-order valence-corrected chi connectivity index (χ1v) is 19.5. The molecule has 0 spiro atoms. The lowest BCUT2D eigenvalue weighted by molar-refractivity contribution is 1.18. The van der Waals surface area contributed by atoms with E-state index in [0.29, 0.717) is 5.82 Å². The summed E-state index contributed by atoms with van der Waals surface area (Å²) in [4.78, 5) is 10.5. The van der Waals surface area contributed by atoms with Gasteiger partial charge in [0.1, 0.15) is 0 Å². The van der Waals surface area contributed by atoms with Crippen molar-refractivity contribution in [2.45, 2.75) is 0 Å². The van der Waals surface area contributed by atoms with Gasteiger partial charge in [0.25, 0.3) is 0 Å². The fraction of sp³-hybridized carbons (Fsp3) is 0. The molecule has 0 saturated heterocycles. The summed E-state index contributed by atoms with van der Waals surface area (Å²) in [5, 5.41) is 10.0. The van der Waals surface area contributed by atoms with E-state index in [-0.39, 0.29) is 0 Å². The maximum Gasteiger partial charge on any atom is 0.160 e. The van der Waals surface area contributed by atoms with Crippen LogP contribution in [0.2, 0.25) is 0 Å².